The minimum atomic E-state index is -2.11. The van der Waals surface area contributed by atoms with Crippen LogP contribution in [0, 0.1) is 5.92 Å². The molecule has 8 rings (SSSR count). The normalized spacial score (nSPS) is 23.7. The first kappa shape index (κ1) is 108. The van der Waals surface area contributed by atoms with Crippen molar-refractivity contribution in [1.29, 1.82) is 0 Å². The zero-order valence-electron chi connectivity index (χ0n) is 76.9. The van der Waals surface area contributed by atoms with E-state index in [2.05, 4.69) is 68.1 Å². The van der Waals surface area contributed by atoms with Crippen LogP contribution in [0.2, 0.25) is 0 Å². The zero-order chi connectivity index (χ0) is 99.9. The van der Waals surface area contributed by atoms with Gasteiger partial charge in [0.25, 0.3) is 0 Å². The maximum absolute atomic E-state index is 15.8. The van der Waals surface area contributed by atoms with Crippen molar-refractivity contribution >= 4 is 156 Å². The van der Waals surface area contributed by atoms with E-state index in [4.69, 9.17) is 17.2 Å². The molecule has 22 N–H and O–H groups in total. The third-order valence-corrected chi connectivity index (χ3v) is 25.3. The number of benzene rings is 3. The number of hydrogen-bond acceptors (Lipinski definition) is 25. The lowest BCUT2D eigenvalue weighted by molar-refractivity contribution is -0.149. The molecular formula is C90H123N21O23S2. The van der Waals surface area contributed by atoms with Crippen LogP contribution in [0.4, 0.5) is 0 Å². The third kappa shape index (κ3) is 31.2. The first-order valence-electron chi connectivity index (χ1n) is 44.7. The van der Waals surface area contributed by atoms with E-state index in [1.807, 2.05) is 32.0 Å². The van der Waals surface area contributed by atoms with E-state index in [-0.39, 0.29) is 68.9 Å². The van der Waals surface area contributed by atoms with Gasteiger partial charge in [-0.2, -0.15) is 0 Å². The van der Waals surface area contributed by atoms with Gasteiger partial charge in [-0.25, -0.2) is 4.98 Å². The number of phenolic OH excluding ortho intramolecular Hbond substituents is 1. The molecule has 0 unspecified atom stereocenters. The van der Waals surface area contributed by atoms with E-state index in [1.54, 1.807) is 55.8 Å². The Morgan fingerprint density at radius 1 is 0.566 bits per heavy atom. The molecule has 2 saturated heterocycles. The van der Waals surface area contributed by atoms with Crippen LogP contribution in [-0.2, 0) is 117 Å². The molecular weight excluding hydrogens is 1810 g/mol. The molecule has 3 aromatic carbocycles. The number of carboxylic acid groups (broad SMARTS) is 2. The topological polar surface area (TPSA) is 664 Å². The van der Waals surface area contributed by atoms with E-state index >= 15 is 33.6 Å². The van der Waals surface area contributed by atoms with E-state index < -0.39 is 267 Å². The number of likely N-dealkylation sites (N-methyl/N-ethyl adjacent to an activating group) is 3. The fourth-order valence-corrected chi connectivity index (χ4v) is 17.7. The van der Waals surface area contributed by atoms with Crippen molar-refractivity contribution in [2.45, 2.75) is 222 Å². The summed E-state index contributed by atoms with van der Waals surface area (Å²) >= 11 is 2.10. The summed E-state index contributed by atoms with van der Waals surface area (Å²) in [4.78, 5) is 289. The highest BCUT2D eigenvalue weighted by atomic mass is 32.2. The highest BCUT2D eigenvalue weighted by Gasteiger charge is 2.46. The number of primary amides is 2. The first-order valence-corrected chi connectivity index (χ1v) is 46.7. The molecule has 14 atom stereocenters. The molecule has 46 heteroatoms. The van der Waals surface area contributed by atoms with Crippen LogP contribution in [0.15, 0.2) is 96.9 Å². The number of nitrogens with one attached hydrogen (secondary N) is 12. The number of rotatable bonds is 28. The molecule has 5 heterocycles. The fourth-order valence-electron chi connectivity index (χ4n) is 15.9. The number of aliphatic hydroxyl groups excluding tert-OH is 1. The summed E-state index contributed by atoms with van der Waals surface area (Å²) in [6, 6.07) is -1.83. The second-order valence-corrected chi connectivity index (χ2v) is 36.1. The maximum atomic E-state index is 15.8. The number of aromatic amines is 2. The number of para-hydroxylation sites is 1. The molecule has 17 amide bonds. The van der Waals surface area contributed by atoms with Crippen molar-refractivity contribution in [3.63, 3.8) is 0 Å². The minimum absolute atomic E-state index is 0.0149. The van der Waals surface area contributed by atoms with Gasteiger partial charge in [0, 0.05) is 100.0 Å². The lowest BCUT2D eigenvalue weighted by Gasteiger charge is -2.36. The van der Waals surface area contributed by atoms with E-state index in [0.717, 1.165) is 38.7 Å². The number of aliphatic hydroxyl groups is 1. The predicted molar refractivity (Wildman–Crippen MR) is 497 cm³/mol. The number of H-pyrrole nitrogens is 2. The van der Waals surface area contributed by atoms with Crippen LogP contribution < -0.4 is 70.4 Å². The van der Waals surface area contributed by atoms with Crippen molar-refractivity contribution in [1.82, 2.24) is 92.6 Å². The Morgan fingerprint density at radius 3 is 1.79 bits per heavy atom. The molecule has 0 radical (unpaired) electrons. The number of unbranched alkanes of at least 4 members (excludes halogenated alkanes) is 2. The minimum Gasteiger partial charge on any atom is -0.508 e. The Kier molecular flexibility index (Phi) is 41.0. The van der Waals surface area contributed by atoms with Crippen LogP contribution in [0.5, 0.6) is 5.75 Å². The van der Waals surface area contributed by atoms with Gasteiger partial charge in [0.2, 0.25) is 100 Å². The summed E-state index contributed by atoms with van der Waals surface area (Å²) in [5.74, 6) is -22.6. The molecule has 44 nitrogen and oxygen atoms in total. The number of nitrogens with two attached hydrogens (primary N) is 3. The number of thioether (sulfide) groups is 1. The van der Waals surface area contributed by atoms with Crippen molar-refractivity contribution in [2.75, 3.05) is 65.4 Å². The second-order valence-electron chi connectivity index (χ2n) is 34.2. The van der Waals surface area contributed by atoms with E-state index in [1.165, 1.54) is 78.9 Å². The largest absolute Gasteiger partial charge is 0.508 e. The molecule has 0 spiro atoms. The van der Waals surface area contributed by atoms with Crippen molar-refractivity contribution < 1.29 is 112 Å². The molecule has 0 aliphatic carbocycles. The van der Waals surface area contributed by atoms with Crippen molar-refractivity contribution in [3.8, 4) is 5.75 Å². The summed E-state index contributed by atoms with van der Waals surface area (Å²) in [5.41, 5.74) is 19.3. The summed E-state index contributed by atoms with van der Waals surface area (Å²) in [7, 11) is 3.87. The first-order chi connectivity index (χ1) is 64.6. The number of aromatic hydroxyl groups is 1. The standard InChI is InChI=1S/C90H123N21O23S2/c1-9-11-20-68-84(128)102-61(31-48(3)4)81(125)106-67(79(123)96-40-73(93)115)45-135-46-75(117)99-64(32-50-23-25-54(112)26-24-50)86(130)107(6)49(5)78(122)104-66(37-72(92)114)88(132)110(43-77(120)121)42-74(116)98-63(35-53-39-94-47-97-53)83(127)101-60(27-28-76(118)119)89(133)111-41-55(113)36-70(111)85(129)103-62(33-51-38-95-58-19-15-13-17-56(51)58)82(126)100-59(29-30-91)80(124)105-65(34-52-44-136-71-22-16-14-18-57(52)71)87(131)109(8)69(21-12-10-2)90(134)108(68)7/h13-19,22-26,38-39,44,47-49,55,59-70,95,112-113H,9-12,20-21,27-37,40-43,45-46,91H2,1-8H3,(H2,92,114)(H2,93,115)(H,94,97)(H,96,123)(H,98,116)(H,99,117)(H,100,126)(H,101,127)(H,102,128)(H,103,129)(H,104,122)(H,105,124)(H,106,125)(H,118,119)(H,120,121)/t49-,55+,59-,60-,61-,62-,63-,64-,65-,66-,67-,68-,69-,70-/m0/s1. The second kappa shape index (κ2) is 51.7. The molecule has 738 valence electrons. The lowest BCUT2D eigenvalue weighted by atomic mass is 9.99. The molecule has 2 aliphatic rings. The number of aromatic nitrogens is 3. The van der Waals surface area contributed by atoms with Crippen molar-refractivity contribution in [2.24, 2.45) is 23.1 Å². The van der Waals surface area contributed by atoms with Crippen LogP contribution in [0.1, 0.15) is 134 Å². The molecule has 6 aromatic rings. The number of carbonyl (C=O) groups excluding carboxylic acids is 17. The number of carboxylic acids is 2. The number of fused-ring (bicyclic) bond motifs is 3. The Labute approximate surface area is 792 Å². The zero-order valence-corrected chi connectivity index (χ0v) is 78.6. The number of hydrogen-bond donors (Lipinski definition) is 19. The lowest BCUT2D eigenvalue weighted by Crippen LogP contribution is -2.61. The average Bonchev–Trinajstić information content (AvgIpc) is 1.65. The Hall–Kier alpha value is -13.6. The molecule has 0 bridgehead atoms. The van der Waals surface area contributed by atoms with Gasteiger partial charge in [0.15, 0.2) is 0 Å². The summed E-state index contributed by atoms with van der Waals surface area (Å²) in [5, 5.41) is 70.8. The smallest absolute Gasteiger partial charge is 0.323 e. The van der Waals surface area contributed by atoms with Crippen LogP contribution in [0.3, 0.4) is 0 Å². The molecule has 2 aliphatic heterocycles. The molecule has 3 aromatic heterocycles. The van der Waals surface area contributed by atoms with Crippen molar-refractivity contribution in [3.05, 3.63) is 119 Å². The van der Waals surface area contributed by atoms with Crippen LogP contribution >= 0.6 is 23.1 Å². The van der Waals surface area contributed by atoms with Crippen LogP contribution in [-0.4, -0.2) is 322 Å². The number of nitrogens with zero attached hydrogens (tertiary/aromatic N) is 6. The average molecular weight is 1930 g/mol. The number of amides is 17. The monoisotopic (exact) mass is 1930 g/mol. The summed E-state index contributed by atoms with van der Waals surface area (Å²) < 4.78 is 0.816. The van der Waals surface area contributed by atoms with Gasteiger partial charge in [-0.3, -0.25) is 91.1 Å². The highest BCUT2D eigenvalue weighted by molar-refractivity contribution is 8.00. The molecule has 136 heavy (non-hydrogen) atoms. The SMILES string of the molecule is CCCC[C@H]1C(=O)N(C)[C@@H](CCCC)C(=O)N[C@@H](CC(C)C)C(=O)N[C@H](C(=O)NCC(N)=O)CSCC(=O)N[C@@H](Cc2ccc(O)cc2)C(=O)N(C)[C@@H](C)C(=O)N[C@@H](CC(N)=O)C(=O)N(CC(=O)O)CC(=O)N[C@@H](Cc2c[nH]cn2)C(=O)N[C@@H](CCC(=O)O)C(=O)N2C[C@H](O)C[C@H]2C(=O)N[C@@H](Cc2c[nH]c3ccccc23)C(=O)N[C@@H](CCN)C(=O)N[C@@H](Cc2csc3ccccc23)C(=O)N1C. The van der Waals surface area contributed by atoms with Gasteiger partial charge in [-0.05, 0) is 103 Å². The number of carbonyl (C=O) groups is 19. The van der Waals surface area contributed by atoms with Gasteiger partial charge in [0.1, 0.15) is 97.4 Å². The Morgan fingerprint density at radius 2 is 1.15 bits per heavy atom. The Bertz CT molecular complexity index is 5270. The fraction of sp³-hybridized carbons (Fsp3) is 0.511. The summed E-state index contributed by atoms with van der Waals surface area (Å²) in [6.07, 6.45) is -0.640. The van der Waals surface area contributed by atoms with Gasteiger partial charge >= 0.3 is 11.9 Å². The van der Waals surface area contributed by atoms with E-state index in [0.29, 0.717) is 58.2 Å². The van der Waals surface area contributed by atoms with Gasteiger partial charge in [-0.15, -0.1) is 23.1 Å². The van der Waals surface area contributed by atoms with Gasteiger partial charge < -0.3 is 125 Å². The quantitative estimate of drug-likeness (QED) is 0.0245. The van der Waals surface area contributed by atoms with Gasteiger partial charge in [0.05, 0.1) is 36.8 Å². The Balaban J connectivity index is 1.21. The molecule has 2 fully saturated rings. The van der Waals surface area contributed by atoms with Gasteiger partial charge in [-0.1, -0.05) is 102 Å². The third-order valence-electron chi connectivity index (χ3n) is 23.3. The summed E-state index contributed by atoms with van der Waals surface area (Å²) in [6.45, 7) is 4.12. The van der Waals surface area contributed by atoms with E-state index in [9.17, 15) is 78.0 Å². The maximum Gasteiger partial charge on any atom is 0.323 e. The number of imidazole rings is 1. The van der Waals surface area contributed by atoms with Crippen LogP contribution in [0.25, 0.3) is 21.0 Å². The predicted octanol–water partition coefficient (Wildman–Crippen LogP) is -2.32. The number of aliphatic carboxylic acids is 2. The number of phenols is 1. The molecule has 0 saturated carbocycles. The number of thiophene rings is 1. The highest BCUT2D eigenvalue weighted by Crippen LogP contribution is 2.30.